The molecule has 0 N–H and O–H groups in total. The van der Waals surface area contributed by atoms with E-state index < -0.39 is 0 Å². The van der Waals surface area contributed by atoms with Gasteiger partial charge < -0.3 is 9.42 Å². The minimum absolute atomic E-state index is 0.595. The zero-order valence-corrected chi connectivity index (χ0v) is 13.2. The number of nitrogens with zero attached hydrogens (tertiary/aromatic N) is 4. The highest BCUT2D eigenvalue weighted by Gasteiger charge is 2.21. The lowest BCUT2D eigenvalue weighted by molar-refractivity contribution is 0.215. The SMILES string of the molecule is Cc1noc(CN2CCN(c3cccc(Cl)c3Cl)CC2)n1. The molecule has 0 atom stereocenters. The monoisotopic (exact) mass is 326 g/mol. The fourth-order valence-corrected chi connectivity index (χ4v) is 2.89. The summed E-state index contributed by atoms with van der Waals surface area (Å²) in [6, 6.07) is 5.74. The van der Waals surface area contributed by atoms with Crippen molar-refractivity contribution < 1.29 is 4.52 Å². The van der Waals surface area contributed by atoms with Gasteiger partial charge in [0.25, 0.3) is 0 Å². The van der Waals surface area contributed by atoms with Crippen LogP contribution < -0.4 is 4.90 Å². The van der Waals surface area contributed by atoms with Crippen molar-refractivity contribution in [3.05, 3.63) is 40.0 Å². The van der Waals surface area contributed by atoms with Crippen LogP contribution in [0, 0.1) is 6.92 Å². The van der Waals surface area contributed by atoms with Crippen molar-refractivity contribution in [1.29, 1.82) is 0 Å². The third-order valence-electron chi connectivity index (χ3n) is 3.57. The molecule has 1 aromatic heterocycles. The maximum atomic E-state index is 6.27. The number of halogens is 2. The first-order valence-corrected chi connectivity index (χ1v) is 7.59. The summed E-state index contributed by atoms with van der Waals surface area (Å²) in [5.74, 6) is 1.34. The number of piperazine rings is 1. The average Bonchev–Trinajstić information content (AvgIpc) is 2.88. The third kappa shape index (κ3) is 3.31. The van der Waals surface area contributed by atoms with E-state index in [0.717, 1.165) is 31.9 Å². The van der Waals surface area contributed by atoms with Crippen LogP contribution in [0.3, 0.4) is 0 Å². The first-order valence-electron chi connectivity index (χ1n) is 6.84. The Morgan fingerprint density at radius 2 is 1.95 bits per heavy atom. The lowest BCUT2D eigenvalue weighted by atomic mass is 10.2. The van der Waals surface area contributed by atoms with Crippen molar-refractivity contribution >= 4 is 28.9 Å². The van der Waals surface area contributed by atoms with E-state index in [1.54, 1.807) is 0 Å². The highest BCUT2D eigenvalue weighted by Crippen LogP contribution is 2.32. The van der Waals surface area contributed by atoms with Crippen molar-refractivity contribution in [2.24, 2.45) is 0 Å². The van der Waals surface area contributed by atoms with Gasteiger partial charge in [-0.3, -0.25) is 4.90 Å². The first kappa shape index (κ1) is 14.6. The molecule has 0 amide bonds. The molecule has 1 aliphatic heterocycles. The zero-order valence-electron chi connectivity index (χ0n) is 11.7. The fourth-order valence-electron chi connectivity index (χ4n) is 2.48. The number of rotatable bonds is 3. The van der Waals surface area contributed by atoms with E-state index in [-0.39, 0.29) is 0 Å². The third-order valence-corrected chi connectivity index (χ3v) is 4.38. The van der Waals surface area contributed by atoms with Gasteiger partial charge in [0.05, 0.1) is 22.3 Å². The van der Waals surface area contributed by atoms with E-state index in [9.17, 15) is 0 Å². The fraction of sp³-hybridized carbons (Fsp3) is 0.429. The van der Waals surface area contributed by atoms with Crippen molar-refractivity contribution in [2.75, 3.05) is 31.1 Å². The number of benzene rings is 1. The Bertz CT molecular complexity index is 623. The summed E-state index contributed by atoms with van der Waals surface area (Å²) in [4.78, 5) is 8.78. The van der Waals surface area contributed by atoms with Crippen LogP contribution in [0.5, 0.6) is 0 Å². The van der Waals surface area contributed by atoms with Gasteiger partial charge >= 0.3 is 0 Å². The van der Waals surface area contributed by atoms with Gasteiger partial charge in [-0.05, 0) is 19.1 Å². The number of aryl methyl sites for hydroxylation is 1. The van der Waals surface area contributed by atoms with Gasteiger partial charge in [-0.25, -0.2) is 0 Å². The molecule has 5 nitrogen and oxygen atoms in total. The molecule has 112 valence electrons. The van der Waals surface area contributed by atoms with Crippen LogP contribution in [0.4, 0.5) is 5.69 Å². The Labute approximate surface area is 133 Å². The number of aromatic nitrogens is 2. The number of anilines is 1. The van der Waals surface area contributed by atoms with Crippen LogP contribution in [0.1, 0.15) is 11.7 Å². The molecule has 0 spiro atoms. The summed E-state index contributed by atoms with van der Waals surface area (Å²) in [5.41, 5.74) is 0.998. The zero-order chi connectivity index (χ0) is 14.8. The molecule has 0 aliphatic carbocycles. The molecule has 2 aromatic rings. The van der Waals surface area contributed by atoms with Crippen molar-refractivity contribution in [3.63, 3.8) is 0 Å². The van der Waals surface area contributed by atoms with E-state index >= 15 is 0 Å². The quantitative estimate of drug-likeness (QED) is 0.867. The summed E-state index contributed by atoms with van der Waals surface area (Å²) < 4.78 is 5.16. The molecule has 0 bridgehead atoms. The van der Waals surface area contributed by atoms with E-state index in [4.69, 9.17) is 27.7 Å². The topological polar surface area (TPSA) is 45.4 Å². The normalized spacial score (nSPS) is 16.4. The molecule has 1 aromatic carbocycles. The molecule has 21 heavy (non-hydrogen) atoms. The molecular weight excluding hydrogens is 311 g/mol. The molecule has 0 radical (unpaired) electrons. The summed E-state index contributed by atoms with van der Waals surface area (Å²) in [6.07, 6.45) is 0. The predicted molar refractivity (Wildman–Crippen MR) is 83.0 cm³/mol. The van der Waals surface area contributed by atoms with Crippen LogP contribution in [0.15, 0.2) is 22.7 Å². The minimum atomic E-state index is 0.595. The summed E-state index contributed by atoms with van der Waals surface area (Å²) in [6.45, 7) is 6.15. The second-order valence-corrected chi connectivity index (χ2v) is 5.86. The second kappa shape index (κ2) is 6.22. The minimum Gasteiger partial charge on any atom is -0.368 e. The largest absolute Gasteiger partial charge is 0.368 e. The number of hydrogen-bond acceptors (Lipinski definition) is 5. The lowest BCUT2D eigenvalue weighted by Crippen LogP contribution is -2.46. The molecule has 7 heteroatoms. The van der Waals surface area contributed by atoms with E-state index in [1.165, 1.54) is 0 Å². The van der Waals surface area contributed by atoms with E-state index in [0.29, 0.717) is 28.3 Å². The first-order chi connectivity index (χ1) is 10.1. The molecule has 2 heterocycles. The number of hydrogen-bond donors (Lipinski definition) is 0. The van der Waals surface area contributed by atoms with Crippen molar-refractivity contribution in [1.82, 2.24) is 15.0 Å². The molecule has 1 saturated heterocycles. The van der Waals surface area contributed by atoms with Gasteiger partial charge in [-0.2, -0.15) is 4.98 Å². The molecule has 3 rings (SSSR count). The van der Waals surface area contributed by atoms with Crippen LogP contribution in [0.2, 0.25) is 10.0 Å². The van der Waals surface area contributed by atoms with Crippen LogP contribution in [-0.4, -0.2) is 41.2 Å². The molecule has 1 aliphatic rings. The Morgan fingerprint density at radius 3 is 2.62 bits per heavy atom. The van der Waals surface area contributed by atoms with Gasteiger partial charge in [-0.1, -0.05) is 34.4 Å². The smallest absolute Gasteiger partial charge is 0.240 e. The van der Waals surface area contributed by atoms with E-state index in [2.05, 4.69) is 19.9 Å². The van der Waals surface area contributed by atoms with Crippen LogP contribution in [-0.2, 0) is 6.54 Å². The van der Waals surface area contributed by atoms with E-state index in [1.807, 2.05) is 25.1 Å². The molecular formula is C14H16Cl2N4O. The van der Waals surface area contributed by atoms with Crippen molar-refractivity contribution in [3.8, 4) is 0 Å². The summed E-state index contributed by atoms with van der Waals surface area (Å²) in [7, 11) is 0. The average molecular weight is 327 g/mol. The Balaban J connectivity index is 1.61. The van der Waals surface area contributed by atoms with Crippen molar-refractivity contribution in [2.45, 2.75) is 13.5 Å². The molecule has 0 unspecified atom stereocenters. The van der Waals surface area contributed by atoms with Crippen LogP contribution >= 0.6 is 23.2 Å². The second-order valence-electron chi connectivity index (χ2n) is 5.07. The summed E-state index contributed by atoms with van der Waals surface area (Å²) >= 11 is 12.3. The summed E-state index contributed by atoms with van der Waals surface area (Å²) in [5, 5.41) is 5.03. The Hall–Kier alpha value is -1.30. The van der Waals surface area contributed by atoms with Gasteiger partial charge in [0.15, 0.2) is 5.82 Å². The van der Waals surface area contributed by atoms with Gasteiger partial charge in [0, 0.05) is 26.2 Å². The Morgan fingerprint density at radius 1 is 1.19 bits per heavy atom. The van der Waals surface area contributed by atoms with Gasteiger partial charge in [-0.15, -0.1) is 0 Å². The highest BCUT2D eigenvalue weighted by molar-refractivity contribution is 6.43. The highest BCUT2D eigenvalue weighted by atomic mass is 35.5. The Kier molecular flexibility index (Phi) is 4.33. The standard InChI is InChI=1S/C14H16Cl2N4O/c1-10-17-13(21-18-10)9-19-5-7-20(8-6-19)12-4-2-3-11(15)14(12)16/h2-4H,5-9H2,1H3. The maximum absolute atomic E-state index is 6.27. The van der Waals surface area contributed by atoms with Gasteiger partial charge in [0.1, 0.15) is 0 Å². The molecule has 0 saturated carbocycles. The lowest BCUT2D eigenvalue weighted by Gasteiger charge is -2.35. The molecule has 1 fully saturated rings. The maximum Gasteiger partial charge on any atom is 0.240 e. The van der Waals surface area contributed by atoms with Crippen LogP contribution in [0.25, 0.3) is 0 Å². The van der Waals surface area contributed by atoms with Gasteiger partial charge in [0.2, 0.25) is 5.89 Å². The predicted octanol–water partition coefficient (Wildman–Crippen LogP) is 3.01.